The third kappa shape index (κ3) is 5.27. The third-order valence-corrected chi connectivity index (χ3v) is 4.53. The SMILES string of the molecule is C=C(NCCCCOC)c1ccc(-n2nc(-c3cccnc3)cc2C(F)(F)F)cc1. The van der Waals surface area contributed by atoms with Crippen molar-refractivity contribution < 1.29 is 17.9 Å². The van der Waals surface area contributed by atoms with Crippen LogP contribution in [0.5, 0.6) is 0 Å². The van der Waals surface area contributed by atoms with E-state index >= 15 is 0 Å². The van der Waals surface area contributed by atoms with E-state index in [1.165, 1.54) is 6.20 Å². The summed E-state index contributed by atoms with van der Waals surface area (Å²) in [4.78, 5) is 3.95. The first-order chi connectivity index (χ1) is 14.4. The van der Waals surface area contributed by atoms with Crippen molar-refractivity contribution in [3.63, 3.8) is 0 Å². The minimum atomic E-state index is -4.54. The highest BCUT2D eigenvalue weighted by atomic mass is 19.4. The van der Waals surface area contributed by atoms with Gasteiger partial charge in [0.2, 0.25) is 0 Å². The first-order valence-corrected chi connectivity index (χ1v) is 9.50. The third-order valence-electron chi connectivity index (χ3n) is 4.53. The van der Waals surface area contributed by atoms with Crippen molar-refractivity contribution in [1.82, 2.24) is 20.1 Å². The second-order valence-corrected chi connectivity index (χ2v) is 6.72. The quantitative estimate of drug-likeness (QED) is 0.502. The average Bonchev–Trinajstić information content (AvgIpc) is 3.20. The van der Waals surface area contributed by atoms with Crippen LogP contribution in [-0.2, 0) is 10.9 Å². The molecule has 0 radical (unpaired) electrons. The Labute approximate surface area is 173 Å². The van der Waals surface area contributed by atoms with Crippen molar-refractivity contribution in [1.29, 1.82) is 0 Å². The van der Waals surface area contributed by atoms with Gasteiger partial charge in [-0.15, -0.1) is 0 Å². The molecule has 0 aliphatic rings. The Balaban J connectivity index is 1.80. The summed E-state index contributed by atoms with van der Waals surface area (Å²) < 4.78 is 46.7. The molecule has 8 heteroatoms. The Bertz CT molecular complexity index is 966. The number of ether oxygens (including phenoxy) is 1. The van der Waals surface area contributed by atoms with Crippen LogP contribution in [0, 0.1) is 0 Å². The lowest BCUT2D eigenvalue weighted by molar-refractivity contribution is -0.142. The Hall–Kier alpha value is -3.13. The van der Waals surface area contributed by atoms with Gasteiger partial charge in [0.1, 0.15) is 5.69 Å². The summed E-state index contributed by atoms with van der Waals surface area (Å²) in [5, 5.41) is 7.40. The summed E-state index contributed by atoms with van der Waals surface area (Å²) in [6.07, 6.45) is 0.374. The molecule has 30 heavy (non-hydrogen) atoms. The molecule has 3 rings (SSSR count). The molecule has 5 nitrogen and oxygen atoms in total. The van der Waals surface area contributed by atoms with Crippen molar-refractivity contribution in [2.45, 2.75) is 19.0 Å². The lowest BCUT2D eigenvalue weighted by Gasteiger charge is -2.12. The van der Waals surface area contributed by atoms with Gasteiger partial charge in [-0.25, -0.2) is 4.68 Å². The Kier molecular flexibility index (Phi) is 6.89. The van der Waals surface area contributed by atoms with Crippen LogP contribution in [0.1, 0.15) is 24.1 Å². The van der Waals surface area contributed by atoms with Gasteiger partial charge >= 0.3 is 6.18 Å². The molecular formula is C22H23F3N4O. The summed E-state index contributed by atoms with van der Waals surface area (Å²) in [5.41, 5.74) is 1.72. The van der Waals surface area contributed by atoms with Gasteiger partial charge < -0.3 is 10.1 Å². The van der Waals surface area contributed by atoms with Crippen LogP contribution in [0.2, 0.25) is 0 Å². The lowest BCUT2D eigenvalue weighted by atomic mass is 10.1. The van der Waals surface area contributed by atoms with Gasteiger partial charge in [0.25, 0.3) is 0 Å². The molecule has 0 spiro atoms. The maximum atomic E-state index is 13.6. The van der Waals surface area contributed by atoms with Crippen LogP contribution in [0.3, 0.4) is 0 Å². The first kappa shape index (κ1) is 21.6. The predicted octanol–water partition coefficient (Wildman–Crippen LogP) is 4.94. The van der Waals surface area contributed by atoms with E-state index in [9.17, 15) is 13.2 Å². The maximum absolute atomic E-state index is 13.6. The average molecular weight is 416 g/mol. The molecule has 3 aromatic rings. The van der Waals surface area contributed by atoms with Gasteiger partial charge in [-0.1, -0.05) is 18.7 Å². The standard InChI is InChI=1S/C22H23F3N4O/c1-16(27-12-3-4-13-30-2)17-7-9-19(10-8-17)29-21(22(23,24)25)14-20(28-29)18-6-5-11-26-15-18/h5-11,14-15,27H,1,3-4,12-13H2,2H3. The topological polar surface area (TPSA) is 52.0 Å². The molecule has 0 fully saturated rings. The van der Waals surface area contributed by atoms with Gasteiger partial charge in [0.05, 0.1) is 11.4 Å². The summed E-state index contributed by atoms with van der Waals surface area (Å²) in [7, 11) is 1.66. The summed E-state index contributed by atoms with van der Waals surface area (Å²) in [6.45, 7) is 5.44. The number of halogens is 3. The smallest absolute Gasteiger partial charge is 0.385 e. The number of nitrogens with zero attached hydrogens (tertiary/aromatic N) is 3. The number of pyridine rings is 1. The molecular weight excluding hydrogens is 393 g/mol. The molecule has 0 saturated heterocycles. The molecule has 0 amide bonds. The number of hydrogen-bond donors (Lipinski definition) is 1. The zero-order valence-corrected chi connectivity index (χ0v) is 16.6. The van der Waals surface area contributed by atoms with Crippen LogP contribution in [0.25, 0.3) is 22.6 Å². The fourth-order valence-corrected chi connectivity index (χ4v) is 2.95. The minimum absolute atomic E-state index is 0.210. The first-order valence-electron chi connectivity index (χ1n) is 9.50. The van der Waals surface area contributed by atoms with Gasteiger partial charge in [-0.2, -0.15) is 18.3 Å². The maximum Gasteiger partial charge on any atom is 0.433 e. The summed E-state index contributed by atoms with van der Waals surface area (Å²) in [5.74, 6) is 0. The summed E-state index contributed by atoms with van der Waals surface area (Å²) in [6, 6.07) is 11.0. The molecule has 0 aliphatic heterocycles. The van der Waals surface area contributed by atoms with Crippen molar-refractivity contribution in [3.8, 4) is 16.9 Å². The van der Waals surface area contributed by atoms with Crippen molar-refractivity contribution in [2.24, 2.45) is 0 Å². The van der Waals surface area contributed by atoms with Crippen molar-refractivity contribution in [2.75, 3.05) is 20.3 Å². The highest BCUT2D eigenvalue weighted by Crippen LogP contribution is 2.34. The molecule has 2 heterocycles. The molecule has 0 saturated carbocycles. The van der Waals surface area contributed by atoms with Crippen LogP contribution < -0.4 is 5.32 Å². The Morgan fingerprint density at radius 3 is 2.57 bits per heavy atom. The molecule has 0 aliphatic carbocycles. The van der Waals surface area contributed by atoms with Gasteiger partial charge in [-0.3, -0.25) is 4.98 Å². The molecule has 0 unspecified atom stereocenters. The number of hydrogen-bond acceptors (Lipinski definition) is 4. The van der Waals surface area contributed by atoms with E-state index in [0.29, 0.717) is 23.6 Å². The molecule has 0 bridgehead atoms. The Morgan fingerprint density at radius 1 is 1.17 bits per heavy atom. The van der Waals surface area contributed by atoms with Crippen LogP contribution >= 0.6 is 0 Å². The fourth-order valence-electron chi connectivity index (χ4n) is 2.95. The summed E-state index contributed by atoms with van der Waals surface area (Å²) >= 11 is 0. The van der Waals surface area contributed by atoms with E-state index in [1.54, 1.807) is 49.7 Å². The molecule has 1 N–H and O–H groups in total. The van der Waals surface area contributed by atoms with Crippen LogP contribution in [0.15, 0.2) is 61.4 Å². The van der Waals surface area contributed by atoms with Crippen LogP contribution in [-0.4, -0.2) is 35.0 Å². The number of nitrogens with one attached hydrogen (secondary N) is 1. The van der Waals surface area contributed by atoms with Gasteiger partial charge in [0, 0.05) is 43.9 Å². The number of aromatic nitrogens is 3. The number of benzene rings is 1. The zero-order chi connectivity index (χ0) is 21.6. The highest BCUT2D eigenvalue weighted by molar-refractivity contribution is 5.63. The number of methoxy groups -OCH3 is 1. The number of rotatable bonds is 9. The van der Waals surface area contributed by atoms with E-state index in [1.807, 2.05) is 0 Å². The zero-order valence-electron chi connectivity index (χ0n) is 16.6. The van der Waals surface area contributed by atoms with E-state index in [2.05, 4.69) is 22.0 Å². The normalized spacial score (nSPS) is 11.5. The second kappa shape index (κ2) is 9.58. The van der Waals surface area contributed by atoms with Crippen molar-refractivity contribution in [3.05, 3.63) is 72.7 Å². The largest absolute Gasteiger partial charge is 0.433 e. The van der Waals surface area contributed by atoms with Crippen LogP contribution in [0.4, 0.5) is 13.2 Å². The van der Waals surface area contributed by atoms with E-state index < -0.39 is 11.9 Å². The van der Waals surface area contributed by atoms with Crippen molar-refractivity contribution >= 4 is 5.70 Å². The van der Waals surface area contributed by atoms with Gasteiger partial charge in [0.15, 0.2) is 0 Å². The monoisotopic (exact) mass is 416 g/mol. The number of unbranched alkanes of at least 4 members (excludes halogenated alkanes) is 1. The van der Waals surface area contributed by atoms with E-state index in [0.717, 1.165) is 35.7 Å². The lowest BCUT2D eigenvalue weighted by Crippen LogP contribution is -2.14. The predicted molar refractivity (Wildman–Crippen MR) is 110 cm³/mol. The molecule has 0 atom stereocenters. The molecule has 1 aromatic carbocycles. The van der Waals surface area contributed by atoms with E-state index in [-0.39, 0.29) is 5.69 Å². The fraction of sp³-hybridized carbons (Fsp3) is 0.273. The van der Waals surface area contributed by atoms with Gasteiger partial charge in [-0.05, 0) is 48.7 Å². The molecule has 2 aromatic heterocycles. The molecule has 158 valence electrons. The minimum Gasteiger partial charge on any atom is -0.385 e. The number of alkyl halides is 3. The Morgan fingerprint density at radius 2 is 1.93 bits per heavy atom. The highest BCUT2D eigenvalue weighted by Gasteiger charge is 2.36. The van der Waals surface area contributed by atoms with E-state index in [4.69, 9.17) is 4.74 Å². The second-order valence-electron chi connectivity index (χ2n) is 6.72.